The molecule has 1 aliphatic rings. The molecule has 78 valence electrons. The number of aliphatic hydroxyl groups is 1. The van der Waals surface area contributed by atoms with E-state index in [-0.39, 0.29) is 5.76 Å². The van der Waals surface area contributed by atoms with Crippen molar-refractivity contribution in [2.24, 2.45) is 0 Å². The van der Waals surface area contributed by atoms with Crippen LogP contribution in [0.1, 0.15) is 12.2 Å². The third-order valence-electron chi connectivity index (χ3n) is 2.59. The normalized spacial score (nSPS) is 15.0. The lowest BCUT2D eigenvalue weighted by atomic mass is 10.1. The first kappa shape index (κ1) is 9.01. The molecule has 0 aliphatic heterocycles. The molecule has 0 fully saturated rings. The Morgan fingerprint density at radius 3 is 3.00 bits per heavy atom. The molecule has 1 heterocycles. The van der Waals surface area contributed by atoms with Crippen molar-refractivity contribution >= 4 is 16.6 Å². The average Bonchev–Trinajstić information content (AvgIpc) is 2.72. The summed E-state index contributed by atoms with van der Waals surface area (Å²) in [6, 6.07) is 7.88. The summed E-state index contributed by atoms with van der Waals surface area (Å²) in [4.78, 5) is 7.71. The third kappa shape index (κ3) is 1.44. The van der Waals surface area contributed by atoms with Crippen molar-refractivity contribution in [1.82, 2.24) is 9.97 Å². The Balaban J connectivity index is 2.08. The maximum atomic E-state index is 9.41. The Labute approximate surface area is 92.5 Å². The van der Waals surface area contributed by atoms with E-state index in [9.17, 15) is 5.11 Å². The van der Waals surface area contributed by atoms with Crippen molar-refractivity contribution < 1.29 is 5.11 Å². The summed E-state index contributed by atoms with van der Waals surface area (Å²) in [7, 11) is 0. The maximum Gasteiger partial charge on any atom is 0.139 e. The van der Waals surface area contributed by atoms with Crippen molar-refractivity contribution in [3.63, 3.8) is 0 Å². The number of fused-ring (bicyclic) bond motifs is 1. The molecule has 3 heteroatoms. The van der Waals surface area contributed by atoms with Crippen LogP contribution in [-0.4, -0.2) is 15.1 Å². The second-order valence-electron chi connectivity index (χ2n) is 3.73. The molecule has 0 spiro atoms. The number of rotatable bonds is 1. The fourth-order valence-electron chi connectivity index (χ4n) is 1.80. The van der Waals surface area contributed by atoms with Crippen LogP contribution in [0, 0.1) is 0 Å². The molecule has 3 nitrogen and oxygen atoms in total. The number of aliphatic hydroxyl groups excluding tert-OH is 1. The van der Waals surface area contributed by atoms with Gasteiger partial charge in [0.25, 0.3) is 0 Å². The van der Waals surface area contributed by atoms with E-state index >= 15 is 0 Å². The van der Waals surface area contributed by atoms with Crippen LogP contribution < -0.4 is 0 Å². The van der Waals surface area contributed by atoms with Gasteiger partial charge in [-0.25, -0.2) is 4.98 Å². The van der Waals surface area contributed by atoms with Crippen LogP contribution in [0.5, 0.6) is 0 Å². The standard InChI is InChI=1S/C13H10N2O/c16-10-5-3-4-9(8-10)13-14-11-6-1-2-7-12(11)15-13/h1-4,6-7,16H,8H2,(H,14,15). The van der Waals surface area contributed by atoms with Crippen LogP contribution in [-0.2, 0) is 0 Å². The molecule has 1 aromatic carbocycles. The Hall–Kier alpha value is -2.25. The second-order valence-corrected chi connectivity index (χ2v) is 3.73. The number of H-pyrrole nitrogens is 1. The van der Waals surface area contributed by atoms with Gasteiger partial charge in [0, 0.05) is 12.0 Å². The molecule has 2 aromatic rings. The smallest absolute Gasteiger partial charge is 0.139 e. The summed E-state index contributed by atoms with van der Waals surface area (Å²) in [5, 5.41) is 9.41. The number of aromatic nitrogens is 2. The van der Waals surface area contributed by atoms with E-state index in [0.29, 0.717) is 6.42 Å². The highest BCUT2D eigenvalue weighted by Gasteiger charge is 2.10. The zero-order valence-corrected chi connectivity index (χ0v) is 8.57. The van der Waals surface area contributed by atoms with Crippen LogP contribution in [0.2, 0.25) is 0 Å². The predicted molar refractivity (Wildman–Crippen MR) is 62.9 cm³/mol. The van der Waals surface area contributed by atoms with Crippen molar-refractivity contribution in [1.29, 1.82) is 0 Å². The lowest BCUT2D eigenvalue weighted by molar-refractivity contribution is 0.404. The minimum absolute atomic E-state index is 0.248. The Bertz CT molecular complexity index is 610. The van der Waals surface area contributed by atoms with E-state index in [2.05, 4.69) is 15.7 Å². The van der Waals surface area contributed by atoms with E-state index in [4.69, 9.17) is 0 Å². The molecule has 2 N–H and O–H groups in total. The molecule has 0 atom stereocenters. The van der Waals surface area contributed by atoms with Gasteiger partial charge in [-0.2, -0.15) is 0 Å². The third-order valence-corrected chi connectivity index (χ3v) is 2.59. The molecule has 3 rings (SSSR count). The second kappa shape index (κ2) is 3.40. The number of allylic oxidation sites excluding steroid dienone is 2. The molecule has 1 aliphatic carbocycles. The summed E-state index contributed by atoms with van der Waals surface area (Å²) < 4.78 is 0. The molecule has 1 aromatic heterocycles. The van der Waals surface area contributed by atoms with E-state index in [1.54, 1.807) is 6.08 Å². The van der Waals surface area contributed by atoms with E-state index < -0.39 is 0 Å². The molecule has 0 saturated carbocycles. The number of para-hydroxylation sites is 2. The number of imidazole rings is 1. The van der Waals surface area contributed by atoms with Gasteiger partial charge in [0.15, 0.2) is 0 Å². The average molecular weight is 210 g/mol. The summed E-state index contributed by atoms with van der Waals surface area (Å²) in [5.74, 6) is 1.06. The van der Waals surface area contributed by atoms with Crippen molar-refractivity contribution in [3.05, 3.63) is 53.7 Å². The highest BCUT2D eigenvalue weighted by molar-refractivity contribution is 5.79. The van der Waals surface area contributed by atoms with Crippen LogP contribution in [0.25, 0.3) is 16.6 Å². The first-order chi connectivity index (χ1) is 7.83. The van der Waals surface area contributed by atoms with Gasteiger partial charge in [-0.1, -0.05) is 17.9 Å². The maximum absolute atomic E-state index is 9.41. The van der Waals surface area contributed by atoms with Gasteiger partial charge in [0.2, 0.25) is 0 Å². The minimum atomic E-state index is 0.248. The lowest BCUT2D eigenvalue weighted by Crippen LogP contribution is -1.92. The van der Waals surface area contributed by atoms with Crippen LogP contribution in [0.3, 0.4) is 0 Å². The molecule has 0 bridgehead atoms. The molecular weight excluding hydrogens is 200 g/mol. The van der Waals surface area contributed by atoms with Gasteiger partial charge in [-0.05, 0) is 24.3 Å². The zero-order chi connectivity index (χ0) is 11.0. The Morgan fingerprint density at radius 1 is 1.31 bits per heavy atom. The van der Waals surface area contributed by atoms with E-state index in [0.717, 1.165) is 22.4 Å². The van der Waals surface area contributed by atoms with Gasteiger partial charge in [-0.15, -0.1) is 0 Å². The van der Waals surface area contributed by atoms with Gasteiger partial charge in [0.1, 0.15) is 11.6 Å². The highest BCUT2D eigenvalue weighted by atomic mass is 16.3. The predicted octanol–water partition coefficient (Wildman–Crippen LogP) is 2.95. The molecule has 0 unspecified atom stereocenters. The van der Waals surface area contributed by atoms with Crippen LogP contribution >= 0.6 is 0 Å². The lowest BCUT2D eigenvalue weighted by Gasteiger charge is -2.03. The van der Waals surface area contributed by atoms with E-state index in [1.807, 2.05) is 30.3 Å². The topological polar surface area (TPSA) is 48.9 Å². The summed E-state index contributed by atoms with van der Waals surface area (Å²) in [5.41, 5.74) is 5.68. The quantitative estimate of drug-likeness (QED) is 0.711. The first-order valence-corrected chi connectivity index (χ1v) is 5.12. The largest absolute Gasteiger partial charge is 0.504 e. The van der Waals surface area contributed by atoms with Crippen LogP contribution in [0.4, 0.5) is 0 Å². The van der Waals surface area contributed by atoms with Crippen molar-refractivity contribution in [2.45, 2.75) is 6.42 Å². The molecule has 0 amide bonds. The number of nitrogens with zero attached hydrogens (tertiary/aromatic N) is 1. The molecular formula is C13H10N2O. The number of hydrogen-bond acceptors (Lipinski definition) is 2. The monoisotopic (exact) mass is 210 g/mol. The Morgan fingerprint density at radius 2 is 2.19 bits per heavy atom. The zero-order valence-electron chi connectivity index (χ0n) is 8.57. The highest BCUT2D eigenvalue weighted by Crippen LogP contribution is 2.23. The van der Waals surface area contributed by atoms with Gasteiger partial charge in [0.05, 0.1) is 11.0 Å². The van der Waals surface area contributed by atoms with Crippen molar-refractivity contribution in [3.8, 4) is 0 Å². The first-order valence-electron chi connectivity index (χ1n) is 5.12. The summed E-state index contributed by atoms with van der Waals surface area (Å²) in [6.07, 6.45) is 4.11. The van der Waals surface area contributed by atoms with Gasteiger partial charge in [-0.3, -0.25) is 0 Å². The Kier molecular flexibility index (Phi) is 1.92. The summed E-state index contributed by atoms with van der Waals surface area (Å²) >= 11 is 0. The summed E-state index contributed by atoms with van der Waals surface area (Å²) in [6.45, 7) is 0. The van der Waals surface area contributed by atoms with Gasteiger partial charge < -0.3 is 10.1 Å². The van der Waals surface area contributed by atoms with E-state index in [1.165, 1.54) is 0 Å². The molecule has 0 saturated heterocycles. The van der Waals surface area contributed by atoms with Crippen molar-refractivity contribution in [2.75, 3.05) is 0 Å². The number of benzene rings is 1. The minimum Gasteiger partial charge on any atom is -0.504 e. The number of nitrogens with one attached hydrogen (secondary N) is 1. The molecule has 16 heavy (non-hydrogen) atoms. The fourth-order valence-corrected chi connectivity index (χ4v) is 1.80. The number of hydrogen-bond donors (Lipinski definition) is 2. The molecule has 0 radical (unpaired) electrons. The fraction of sp³-hybridized carbons (Fsp3) is 0.0769. The van der Waals surface area contributed by atoms with Gasteiger partial charge >= 0.3 is 0 Å². The van der Waals surface area contributed by atoms with Crippen LogP contribution in [0.15, 0.2) is 47.9 Å². The number of aromatic amines is 1. The SMILES string of the molecule is OC1=C=CC=C(c2nc3ccccc3[nH]2)C1.